The van der Waals surface area contributed by atoms with Gasteiger partial charge in [-0.25, -0.2) is 0 Å². The van der Waals surface area contributed by atoms with Crippen LogP contribution in [0, 0.1) is 0 Å². The lowest BCUT2D eigenvalue weighted by Gasteiger charge is -2.23. The van der Waals surface area contributed by atoms with E-state index in [0.717, 1.165) is 83.7 Å². The second-order valence-corrected chi connectivity index (χ2v) is 6.60. The van der Waals surface area contributed by atoms with Gasteiger partial charge >= 0.3 is 0 Å². The van der Waals surface area contributed by atoms with Crippen molar-refractivity contribution >= 4 is 11.9 Å². The van der Waals surface area contributed by atoms with Gasteiger partial charge in [0.15, 0.2) is 11.9 Å². The number of rotatable bonds is 10. The maximum absolute atomic E-state index is 4.39. The summed E-state index contributed by atoms with van der Waals surface area (Å²) in [5, 5.41) is 13.3. The zero-order chi connectivity index (χ0) is 17.9. The van der Waals surface area contributed by atoms with Gasteiger partial charge in [0.1, 0.15) is 0 Å². The standard InChI is InChI=1S/C19H31N7/c1-2-5-17(6-3-1)7-15-26(16-13-25-19-23-11-12-24-19)14-4-8-20-18-21-9-10-22-18/h1-3,5-6H,4,7-16H2,(H2,20,21,22)(H2,23,24,25). The molecule has 0 fully saturated rings. The van der Waals surface area contributed by atoms with Crippen LogP contribution in [0.25, 0.3) is 0 Å². The average molecular weight is 358 g/mol. The molecule has 0 saturated heterocycles. The Balaban J connectivity index is 1.38. The van der Waals surface area contributed by atoms with Crippen LogP contribution < -0.4 is 21.3 Å². The Bertz CT molecular complexity index is 585. The summed E-state index contributed by atoms with van der Waals surface area (Å²) in [5.41, 5.74) is 1.40. The molecule has 4 N–H and O–H groups in total. The van der Waals surface area contributed by atoms with Crippen molar-refractivity contribution in [2.75, 3.05) is 58.9 Å². The third kappa shape index (κ3) is 6.55. The van der Waals surface area contributed by atoms with Crippen molar-refractivity contribution in [3.63, 3.8) is 0 Å². The Labute approximate surface area is 156 Å². The molecule has 1 aromatic rings. The normalized spacial score (nSPS) is 16.0. The van der Waals surface area contributed by atoms with Gasteiger partial charge < -0.3 is 26.2 Å². The molecular weight excluding hydrogens is 326 g/mol. The van der Waals surface area contributed by atoms with Crippen molar-refractivity contribution in [2.24, 2.45) is 9.98 Å². The van der Waals surface area contributed by atoms with Crippen LogP contribution >= 0.6 is 0 Å². The monoisotopic (exact) mass is 357 g/mol. The molecule has 3 rings (SSSR count). The van der Waals surface area contributed by atoms with Crippen LogP contribution in [0.1, 0.15) is 12.0 Å². The predicted molar refractivity (Wildman–Crippen MR) is 108 cm³/mol. The zero-order valence-corrected chi connectivity index (χ0v) is 15.5. The topological polar surface area (TPSA) is 76.1 Å². The molecule has 142 valence electrons. The number of benzene rings is 1. The molecule has 0 saturated carbocycles. The van der Waals surface area contributed by atoms with Crippen molar-refractivity contribution in [1.29, 1.82) is 0 Å². The van der Waals surface area contributed by atoms with Crippen molar-refractivity contribution in [1.82, 2.24) is 26.2 Å². The maximum atomic E-state index is 4.39. The van der Waals surface area contributed by atoms with Gasteiger partial charge in [-0.3, -0.25) is 9.98 Å². The fraction of sp³-hybridized carbons (Fsp3) is 0.579. The lowest BCUT2D eigenvalue weighted by Crippen LogP contribution is -2.41. The van der Waals surface area contributed by atoms with Crippen molar-refractivity contribution in [3.8, 4) is 0 Å². The van der Waals surface area contributed by atoms with E-state index in [9.17, 15) is 0 Å². The molecule has 7 nitrogen and oxygen atoms in total. The first-order chi connectivity index (χ1) is 12.9. The average Bonchev–Trinajstić information content (AvgIpc) is 3.37. The predicted octanol–water partition coefficient (Wildman–Crippen LogP) is 0.0188. The number of nitrogens with one attached hydrogen (secondary N) is 4. The second-order valence-electron chi connectivity index (χ2n) is 6.60. The van der Waals surface area contributed by atoms with Gasteiger partial charge in [-0.05, 0) is 24.9 Å². The minimum Gasteiger partial charge on any atom is -0.356 e. The SMILES string of the molecule is c1ccc(CCN(CCCNC2=NCCN2)CCNC2=NCCN2)cc1. The molecule has 2 aliphatic heterocycles. The fourth-order valence-electron chi connectivity index (χ4n) is 3.14. The Morgan fingerprint density at radius 3 is 2.19 bits per heavy atom. The minimum atomic E-state index is 0.879. The highest BCUT2D eigenvalue weighted by atomic mass is 15.2. The molecule has 26 heavy (non-hydrogen) atoms. The van der Waals surface area contributed by atoms with Crippen LogP contribution in [0.4, 0.5) is 0 Å². The molecule has 0 radical (unpaired) electrons. The highest BCUT2D eigenvalue weighted by molar-refractivity contribution is 5.81. The largest absolute Gasteiger partial charge is 0.356 e. The molecule has 0 unspecified atom stereocenters. The molecule has 0 amide bonds. The Morgan fingerprint density at radius 1 is 0.846 bits per heavy atom. The van der Waals surface area contributed by atoms with Gasteiger partial charge in [-0.15, -0.1) is 0 Å². The molecule has 0 bridgehead atoms. The maximum Gasteiger partial charge on any atom is 0.191 e. The second kappa shape index (κ2) is 10.7. The Hall–Kier alpha value is -2.28. The van der Waals surface area contributed by atoms with E-state index < -0.39 is 0 Å². The lowest BCUT2D eigenvalue weighted by molar-refractivity contribution is 0.278. The van der Waals surface area contributed by atoms with E-state index in [-0.39, 0.29) is 0 Å². The molecule has 0 atom stereocenters. The summed E-state index contributed by atoms with van der Waals surface area (Å²) in [6.07, 6.45) is 2.19. The quantitative estimate of drug-likeness (QED) is 0.444. The molecule has 2 heterocycles. The number of aliphatic imine (C=N–C) groups is 2. The molecule has 0 aromatic heterocycles. The number of hydrogen-bond donors (Lipinski definition) is 4. The van der Waals surface area contributed by atoms with E-state index in [1.54, 1.807) is 0 Å². The van der Waals surface area contributed by atoms with E-state index in [0.29, 0.717) is 0 Å². The van der Waals surface area contributed by atoms with E-state index in [1.807, 2.05) is 0 Å². The summed E-state index contributed by atoms with van der Waals surface area (Å²) in [6.45, 7) is 8.71. The highest BCUT2D eigenvalue weighted by Gasteiger charge is 2.09. The van der Waals surface area contributed by atoms with Crippen molar-refractivity contribution in [2.45, 2.75) is 12.8 Å². The molecular formula is C19H31N7. The first-order valence-electron chi connectivity index (χ1n) is 9.71. The van der Waals surface area contributed by atoms with Crippen molar-refractivity contribution < 1.29 is 0 Å². The number of nitrogens with zero attached hydrogens (tertiary/aromatic N) is 3. The fourth-order valence-corrected chi connectivity index (χ4v) is 3.14. The summed E-state index contributed by atoms with van der Waals surface area (Å²) < 4.78 is 0. The third-order valence-corrected chi connectivity index (χ3v) is 4.57. The van der Waals surface area contributed by atoms with Crippen LogP contribution in [0.15, 0.2) is 40.3 Å². The Morgan fingerprint density at radius 2 is 1.54 bits per heavy atom. The van der Waals surface area contributed by atoms with Crippen LogP contribution in [0.2, 0.25) is 0 Å². The first-order valence-corrected chi connectivity index (χ1v) is 9.71. The number of hydrogen-bond acceptors (Lipinski definition) is 7. The molecule has 0 spiro atoms. The lowest BCUT2D eigenvalue weighted by atomic mass is 10.1. The van der Waals surface area contributed by atoms with Crippen LogP contribution in [0.3, 0.4) is 0 Å². The van der Waals surface area contributed by atoms with Crippen LogP contribution in [0.5, 0.6) is 0 Å². The van der Waals surface area contributed by atoms with Crippen LogP contribution in [-0.4, -0.2) is 75.7 Å². The highest BCUT2D eigenvalue weighted by Crippen LogP contribution is 2.02. The summed E-state index contributed by atoms with van der Waals surface area (Å²) in [7, 11) is 0. The summed E-state index contributed by atoms with van der Waals surface area (Å²) in [6, 6.07) is 10.7. The Kier molecular flexibility index (Phi) is 7.58. The molecule has 0 aliphatic carbocycles. The molecule has 1 aromatic carbocycles. The van der Waals surface area contributed by atoms with Gasteiger partial charge in [0.05, 0.1) is 13.1 Å². The van der Waals surface area contributed by atoms with E-state index in [2.05, 4.69) is 66.5 Å². The molecule has 7 heteroatoms. The van der Waals surface area contributed by atoms with Crippen molar-refractivity contribution in [3.05, 3.63) is 35.9 Å². The van der Waals surface area contributed by atoms with Gasteiger partial charge in [0.25, 0.3) is 0 Å². The van der Waals surface area contributed by atoms with E-state index in [4.69, 9.17) is 0 Å². The zero-order valence-electron chi connectivity index (χ0n) is 15.5. The first kappa shape index (κ1) is 18.5. The van der Waals surface area contributed by atoms with E-state index in [1.165, 1.54) is 5.56 Å². The van der Waals surface area contributed by atoms with Gasteiger partial charge in [0.2, 0.25) is 0 Å². The summed E-state index contributed by atoms with van der Waals surface area (Å²) in [4.78, 5) is 11.3. The molecule has 2 aliphatic rings. The summed E-state index contributed by atoms with van der Waals surface area (Å²) in [5.74, 6) is 1.90. The van der Waals surface area contributed by atoms with E-state index >= 15 is 0 Å². The third-order valence-electron chi connectivity index (χ3n) is 4.57. The number of guanidine groups is 2. The minimum absolute atomic E-state index is 0.879. The van der Waals surface area contributed by atoms with Gasteiger partial charge in [0, 0.05) is 39.3 Å². The van der Waals surface area contributed by atoms with Gasteiger partial charge in [-0.1, -0.05) is 30.3 Å². The summed E-state index contributed by atoms with van der Waals surface area (Å²) >= 11 is 0. The van der Waals surface area contributed by atoms with Crippen LogP contribution in [-0.2, 0) is 6.42 Å². The van der Waals surface area contributed by atoms with Gasteiger partial charge in [-0.2, -0.15) is 0 Å². The smallest absolute Gasteiger partial charge is 0.191 e.